The molecule has 224 valence electrons. The van der Waals surface area contributed by atoms with Gasteiger partial charge in [-0.3, -0.25) is 29.9 Å². The van der Waals surface area contributed by atoms with Crippen LogP contribution in [0.3, 0.4) is 0 Å². The topological polar surface area (TPSA) is 171 Å². The number of alkyl halides is 6. The fourth-order valence-corrected chi connectivity index (χ4v) is 4.73. The standard InChI is InChI=1S/C21H18F6N10O3S2/c22-20(23,24)16-33-35-18(41-16)29-12(38)8-37(9-13(39)30-19-36-34-17(42-19)21(25,26)27)7-3-6-28-14-10-4-1-2-5-11(10)15(40)32-31-14/h1-2,4-5H,3,6-9H2,(H,28,31)(H,32,40)(H,29,35,38)(H,30,36,39). The van der Waals surface area contributed by atoms with E-state index in [4.69, 9.17) is 0 Å². The van der Waals surface area contributed by atoms with Crippen molar-refractivity contribution >= 4 is 61.3 Å². The van der Waals surface area contributed by atoms with Crippen LogP contribution in [0.25, 0.3) is 10.8 Å². The molecule has 4 N–H and O–H groups in total. The molecule has 0 bridgehead atoms. The Morgan fingerprint density at radius 1 is 0.833 bits per heavy atom. The highest BCUT2D eigenvalue weighted by Crippen LogP contribution is 2.34. The number of amides is 2. The van der Waals surface area contributed by atoms with Gasteiger partial charge in [0.1, 0.15) is 0 Å². The minimum atomic E-state index is -4.75. The minimum Gasteiger partial charge on any atom is -0.368 e. The minimum absolute atomic E-state index is 0.0724. The largest absolute Gasteiger partial charge is 0.445 e. The van der Waals surface area contributed by atoms with Gasteiger partial charge in [-0.15, -0.1) is 20.4 Å². The van der Waals surface area contributed by atoms with Gasteiger partial charge in [0, 0.05) is 18.5 Å². The molecule has 0 saturated heterocycles. The van der Waals surface area contributed by atoms with E-state index < -0.39 is 57.5 Å². The number of benzene rings is 1. The second-order valence-corrected chi connectivity index (χ2v) is 10.3. The monoisotopic (exact) mass is 636 g/mol. The van der Waals surface area contributed by atoms with Crippen molar-refractivity contribution < 1.29 is 35.9 Å². The third-order valence-electron chi connectivity index (χ3n) is 5.20. The average Bonchev–Trinajstić information content (AvgIpc) is 3.58. The molecule has 3 aromatic heterocycles. The fraction of sp³-hybridized carbons (Fsp3) is 0.333. The van der Waals surface area contributed by atoms with Gasteiger partial charge in [-0.25, -0.2) is 5.10 Å². The van der Waals surface area contributed by atoms with Gasteiger partial charge in [0.2, 0.25) is 32.1 Å². The van der Waals surface area contributed by atoms with Crippen molar-refractivity contribution in [1.29, 1.82) is 0 Å². The Kier molecular flexibility index (Phi) is 9.31. The Balaban J connectivity index is 1.39. The highest BCUT2D eigenvalue weighted by atomic mass is 32.1. The summed E-state index contributed by atoms with van der Waals surface area (Å²) in [6.07, 6.45) is -9.20. The van der Waals surface area contributed by atoms with E-state index in [2.05, 4.69) is 46.5 Å². The molecule has 0 fully saturated rings. The van der Waals surface area contributed by atoms with E-state index in [1.807, 2.05) is 0 Å². The first kappa shape index (κ1) is 30.7. The molecule has 0 aliphatic rings. The molecule has 4 aromatic rings. The van der Waals surface area contributed by atoms with Crippen molar-refractivity contribution in [3.05, 3.63) is 44.6 Å². The number of rotatable bonds is 11. The highest BCUT2D eigenvalue weighted by Gasteiger charge is 2.36. The predicted molar refractivity (Wildman–Crippen MR) is 139 cm³/mol. The van der Waals surface area contributed by atoms with Gasteiger partial charge >= 0.3 is 12.4 Å². The Bertz CT molecular complexity index is 1550. The maximum Gasteiger partial charge on any atom is 0.445 e. The summed E-state index contributed by atoms with van der Waals surface area (Å²) in [6.45, 7) is -0.654. The van der Waals surface area contributed by atoms with Crippen LogP contribution in [0.1, 0.15) is 16.4 Å². The Morgan fingerprint density at radius 2 is 1.36 bits per heavy atom. The molecule has 0 unspecified atom stereocenters. The first-order chi connectivity index (χ1) is 19.8. The van der Waals surface area contributed by atoms with Gasteiger partial charge in [-0.2, -0.15) is 31.4 Å². The fourth-order valence-electron chi connectivity index (χ4n) is 3.47. The summed E-state index contributed by atoms with van der Waals surface area (Å²) in [5.41, 5.74) is -0.380. The van der Waals surface area contributed by atoms with Crippen LogP contribution >= 0.6 is 22.7 Å². The van der Waals surface area contributed by atoms with E-state index in [0.29, 0.717) is 23.0 Å². The molecule has 13 nitrogen and oxygen atoms in total. The number of fused-ring (bicyclic) bond motifs is 1. The van der Waals surface area contributed by atoms with Crippen molar-refractivity contribution in [2.45, 2.75) is 18.8 Å². The molecule has 1 aromatic carbocycles. The van der Waals surface area contributed by atoms with Crippen molar-refractivity contribution in [3.8, 4) is 0 Å². The third-order valence-corrected chi connectivity index (χ3v) is 6.97. The molecule has 0 aliphatic carbocycles. The summed E-state index contributed by atoms with van der Waals surface area (Å²) in [6, 6.07) is 6.72. The van der Waals surface area contributed by atoms with E-state index in [1.54, 1.807) is 24.3 Å². The van der Waals surface area contributed by atoms with Crippen molar-refractivity contribution in [3.63, 3.8) is 0 Å². The van der Waals surface area contributed by atoms with Crippen LogP contribution in [0.2, 0.25) is 0 Å². The van der Waals surface area contributed by atoms with Crippen molar-refractivity contribution in [2.75, 3.05) is 42.1 Å². The summed E-state index contributed by atoms with van der Waals surface area (Å²) in [5, 5.41) is 23.8. The second kappa shape index (κ2) is 12.7. The van der Waals surface area contributed by atoms with Crippen LogP contribution in [0.5, 0.6) is 0 Å². The normalized spacial score (nSPS) is 12.1. The number of aromatic nitrogens is 6. The summed E-state index contributed by atoms with van der Waals surface area (Å²) < 4.78 is 76.7. The Labute approximate surface area is 238 Å². The molecule has 0 atom stereocenters. The molecule has 0 saturated carbocycles. The second-order valence-electron chi connectivity index (χ2n) is 8.35. The first-order valence-electron chi connectivity index (χ1n) is 11.6. The zero-order valence-electron chi connectivity index (χ0n) is 20.8. The van der Waals surface area contributed by atoms with Crippen LogP contribution in [0.15, 0.2) is 29.1 Å². The summed E-state index contributed by atoms with van der Waals surface area (Å²) in [5.74, 6) is -1.26. The number of halogens is 6. The van der Waals surface area contributed by atoms with Gasteiger partial charge in [0.05, 0.1) is 18.5 Å². The number of anilines is 3. The smallest absolute Gasteiger partial charge is 0.368 e. The van der Waals surface area contributed by atoms with Gasteiger partial charge < -0.3 is 5.32 Å². The number of carbonyl (C=O) groups is 2. The molecule has 2 amide bonds. The molecule has 3 heterocycles. The number of aromatic amines is 1. The molecular weight excluding hydrogens is 618 g/mol. The van der Waals surface area contributed by atoms with Gasteiger partial charge in [-0.1, -0.05) is 40.9 Å². The number of hydrogen-bond donors (Lipinski definition) is 4. The lowest BCUT2D eigenvalue weighted by Gasteiger charge is -2.21. The van der Waals surface area contributed by atoms with Crippen molar-refractivity contribution in [2.24, 2.45) is 0 Å². The van der Waals surface area contributed by atoms with E-state index in [1.165, 1.54) is 4.90 Å². The molecule has 4 rings (SSSR count). The number of nitrogens with one attached hydrogen (secondary N) is 4. The van der Waals surface area contributed by atoms with Crippen molar-refractivity contribution in [1.82, 2.24) is 35.5 Å². The number of hydrogen-bond acceptors (Lipinski definition) is 12. The lowest BCUT2D eigenvalue weighted by molar-refractivity contribution is -0.138. The Morgan fingerprint density at radius 3 is 1.86 bits per heavy atom. The van der Waals surface area contributed by atoms with Gasteiger partial charge in [0.15, 0.2) is 5.82 Å². The van der Waals surface area contributed by atoms with E-state index in [0.717, 1.165) is 0 Å². The lowest BCUT2D eigenvalue weighted by Crippen LogP contribution is -2.39. The molecule has 21 heteroatoms. The maximum atomic E-state index is 12.8. The zero-order valence-corrected chi connectivity index (χ0v) is 22.5. The Hall–Kier alpha value is -4.24. The molecule has 0 spiro atoms. The number of nitrogens with zero attached hydrogens (tertiary/aromatic N) is 6. The average molecular weight is 637 g/mol. The first-order valence-corrected chi connectivity index (χ1v) is 13.3. The zero-order chi connectivity index (χ0) is 30.5. The highest BCUT2D eigenvalue weighted by molar-refractivity contribution is 7.15. The van der Waals surface area contributed by atoms with Gasteiger partial charge in [0.25, 0.3) is 5.56 Å². The SMILES string of the molecule is O=C(CN(CCCNc1n[nH]c(=O)c2ccccc12)CC(=O)Nc1nnc(C(F)(F)F)s1)Nc1nnc(C(F)(F)F)s1. The van der Waals surface area contributed by atoms with Crippen LogP contribution in [0.4, 0.5) is 42.4 Å². The lowest BCUT2D eigenvalue weighted by atomic mass is 10.2. The summed E-state index contributed by atoms with van der Waals surface area (Å²) in [7, 11) is 0. The van der Waals surface area contributed by atoms with E-state index in [9.17, 15) is 40.7 Å². The molecule has 0 aliphatic heterocycles. The predicted octanol–water partition coefficient (Wildman–Crippen LogP) is 3.05. The van der Waals surface area contributed by atoms with E-state index >= 15 is 0 Å². The van der Waals surface area contributed by atoms with Crippen LogP contribution in [-0.4, -0.2) is 73.5 Å². The number of H-pyrrole nitrogens is 1. The number of carbonyl (C=O) groups excluding carboxylic acids is 2. The summed E-state index contributed by atoms with van der Waals surface area (Å²) in [4.78, 5) is 38.3. The van der Waals surface area contributed by atoms with Crippen LogP contribution in [-0.2, 0) is 21.9 Å². The van der Waals surface area contributed by atoms with Crippen LogP contribution < -0.4 is 21.5 Å². The molecular formula is C21H18F6N10O3S2. The van der Waals surface area contributed by atoms with Crippen LogP contribution in [0, 0.1) is 0 Å². The quantitative estimate of drug-likeness (QED) is 0.142. The summed E-state index contributed by atoms with van der Waals surface area (Å²) >= 11 is 0.223. The van der Waals surface area contributed by atoms with Gasteiger partial charge in [-0.05, 0) is 12.5 Å². The third kappa shape index (κ3) is 8.16. The molecule has 0 radical (unpaired) electrons. The molecule has 42 heavy (non-hydrogen) atoms. The maximum absolute atomic E-state index is 12.8. The van der Waals surface area contributed by atoms with E-state index in [-0.39, 0.29) is 41.3 Å².